The highest BCUT2D eigenvalue weighted by molar-refractivity contribution is 6.30. The minimum atomic E-state index is -0.128. The van der Waals surface area contributed by atoms with Crippen molar-refractivity contribution in [3.63, 3.8) is 0 Å². The second-order valence-electron chi connectivity index (χ2n) is 10.5. The fourth-order valence-corrected chi connectivity index (χ4v) is 5.57. The Hall–Kier alpha value is -3.47. The summed E-state index contributed by atoms with van der Waals surface area (Å²) < 4.78 is 0. The predicted octanol–water partition coefficient (Wildman–Crippen LogP) is 5.61. The van der Waals surface area contributed by atoms with Crippen LogP contribution in [0.2, 0.25) is 5.02 Å². The molecule has 0 spiro atoms. The van der Waals surface area contributed by atoms with Crippen LogP contribution >= 0.6 is 11.6 Å². The number of nitrogens with one attached hydrogen (secondary N) is 1. The van der Waals surface area contributed by atoms with Gasteiger partial charge in [-0.15, -0.1) is 0 Å². The molecule has 1 amide bonds. The molecule has 1 saturated heterocycles. The van der Waals surface area contributed by atoms with E-state index in [0.717, 1.165) is 49.5 Å². The Balaban J connectivity index is 1.33. The number of rotatable bonds is 9. The number of carbonyl (C=O) groups is 1. The largest absolute Gasteiger partial charge is 0.364 e. The zero-order chi connectivity index (χ0) is 27.9. The van der Waals surface area contributed by atoms with Crippen LogP contribution in [-0.4, -0.2) is 52.5 Å². The summed E-state index contributed by atoms with van der Waals surface area (Å²) in [5, 5.41) is 12.9. The number of nitriles is 1. The molecule has 0 radical (unpaired) electrons. The van der Waals surface area contributed by atoms with Crippen LogP contribution < -0.4 is 10.2 Å². The maximum atomic E-state index is 12.8. The molecule has 0 aliphatic carbocycles. The number of aromatic nitrogens is 2. The van der Waals surface area contributed by atoms with E-state index in [9.17, 15) is 4.79 Å². The number of halogens is 1. The number of benzene rings is 1. The molecule has 1 aliphatic heterocycles. The minimum Gasteiger partial charge on any atom is -0.364 e. The molecule has 1 fully saturated rings. The molecule has 1 atom stereocenters. The lowest BCUT2D eigenvalue weighted by atomic mass is 9.99. The molecular formula is C31H37ClN6O. The van der Waals surface area contributed by atoms with E-state index >= 15 is 0 Å². The number of likely N-dealkylation sites (tertiary alicyclic amines) is 1. The monoisotopic (exact) mass is 544 g/mol. The van der Waals surface area contributed by atoms with Crippen molar-refractivity contribution in [2.24, 2.45) is 0 Å². The SMILES string of the molecule is Cc1ccncc1CN(c1ccc(Cl)cc1)C1CCN(C(C)CCNC(=O)c2c(C)cc(C#N)nc2C)CC1. The van der Waals surface area contributed by atoms with Crippen molar-refractivity contribution in [2.75, 3.05) is 24.5 Å². The first-order valence-electron chi connectivity index (χ1n) is 13.6. The number of hydrogen-bond acceptors (Lipinski definition) is 6. The molecule has 1 aliphatic rings. The summed E-state index contributed by atoms with van der Waals surface area (Å²) in [5.41, 5.74) is 5.93. The van der Waals surface area contributed by atoms with Gasteiger partial charge in [-0.05, 0) is 100 Å². The molecule has 39 heavy (non-hydrogen) atoms. The number of hydrogen-bond donors (Lipinski definition) is 1. The third-order valence-electron chi connectivity index (χ3n) is 7.80. The summed E-state index contributed by atoms with van der Waals surface area (Å²) in [6.45, 7) is 11.4. The lowest BCUT2D eigenvalue weighted by Crippen LogP contribution is -2.48. The number of carbonyl (C=O) groups excluding carboxylic acids is 1. The molecule has 0 bridgehead atoms. The molecule has 204 valence electrons. The average Bonchev–Trinajstić information content (AvgIpc) is 2.93. The highest BCUT2D eigenvalue weighted by Crippen LogP contribution is 2.28. The number of piperidine rings is 1. The van der Waals surface area contributed by atoms with Crippen LogP contribution in [0, 0.1) is 32.1 Å². The van der Waals surface area contributed by atoms with E-state index in [1.807, 2.05) is 37.5 Å². The van der Waals surface area contributed by atoms with Gasteiger partial charge in [-0.25, -0.2) is 4.98 Å². The van der Waals surface area contributed by atoms with E-state index in [1.54, 1.807) is 13.0 Å². The van der Waals surface area contributed by atoms with Gasteiger partial charge in [0.2, 0.25) is 0 Å². The van der Waals surface area contributed by atoms with Crippen LogP contribution in [0.15, 0.2) is 48.8 Å². The molecule has 1 aromatic carbocycles. The van der Waals surface area contributed by atoms with Gasteiger partial charge in [0.25, 0.3) is 5.91 Å². The number of pyridine rings is 2. The van der Waals surface area contributed by atoms with Crippen molar-refractivity contribution < 1.29 is 4.79 Å². The third kappa shape index (κ3) is 7.14. The van der Waals surface area contributed by atoms with Crippen LogP contribution in [-0.2, 0) is 6.54 Å². The topological polar surface area (TPSA) is 85.2 Å². The van der Waals surface area contributed by atoms with Crippen molar-refractivity contribution in [2.45, 2.75) is 65.6 Å². The molecule has 8 heteroatoms. The fourth-order valence-electron chi connectivity index (χ4n) is 5.45. The van der Waals surface area contributed by atoms with E-state index in [0.29, 0.717) is 35.6 Å². The van der Waals surface area contributed by atoms with Crippen LogP contribution in [0.4, 0.5) is 5.69 Å². The van der Waals surface area contributed by atoms with Gasteiger partial charge >= 0.3 is 0 Å². The lowest BCUT2D eigenvalue weighted by Gasteiger charge is -2.42. The zero-order valence-electron chi connectivity index (χ0n) is 23.2. The Morgan fingerprint density at radius 2 is 1.90 bits per heavy atom. The maximum absolute atomic E-state index is 12.8. The Labute approximate surface area is 236 Å². The molecule has 1 N–H and O–H groups in total. The van der Waals surface area contributed by atoms with Crippen molar-refractivity contribution in [1.82, 2.24) is 20.2 Å². The summed E-state index contributed by atoms with van der Waals surface area (Å²) in [7, 11) is 0. The number of aryl methyl sites for hydroxylation is 3. The standard InChI is InChI=1S/C31H37ClN6O/c1-21-9-13-34-19-25(21)20-38(28-7-5-26(32)6-8-28)29-11-15-37(16-12-29)23(3)10-14-35-31(39)30-22(2)17-27(18-33)36-24(30)4/h5-9,13,17,19,23,29H,10-12,14-16,20H2,1-4H3,(H,35,39). The van der Waals surface area contributed by atoms with Crippen molar-refractivity contribution in [3.05, 3.63) is 87.5 Å². The quantitative estimate of drug-likeness (QED) is 0.377. The van der Waals surface area contributed by atoms with Crippen LogP contribution in [0.1, 0.15) is 64.6 Å². The summed E-state index contributed by atoms with van der Waals surface area (Å²) in [6, 6.07) is 14.7. The Kier molecular flexibility index (Phi) is 9.55. The predicted molar refractivity (Wildman–Crippen MR) is 156 cm³/mol. The van der Waals surface area contributed by atoms with Gasteiger partial charge in [0.1, 0.15) is 11.8 Å². The smallest absolute Gasteiger partial charge is 0.253 e. The van der Waals surface area contributed by atoms with Crippen molar-refractivity contribution in [1.29, 1.82) is 5.26 Å². The first kappa shape index (κ1) is 28.5. The van der Waals surface area contributed by atoms with Crippen LogP contribution in [0.3, 0.4) is 0 Å². The summed E-state index contributed by atoms with van der Waals surface area (Å²) in [4.78, 5) is 26.4. The third-order valence-corrected chi connectivity index (χ3v) is 8.05. The van der Waals surface area contributed by atoms with Gasteiger partial charge in [0.15, 0.2) is 0 Å². The van der Waals surface area contributed by atoms with E-state index < -0.39 is 0 Å². The van der Waals surface area contributed by atoms with Gasteiger partial charge in [-0.1, -0.05) is 11.6 Å². The number of nitrogens with zero attached hydrogens (tertiary/aromatic N) is 5. The van der Waals surface area contributed by atoms with Gasteiger partial charge in [-0.2, -0.15) is 5.26 Å². The van der Waals surface area contributed by atoms with E-state index in [4.69, 9.17) is 16.9 Å². The van der Waals surface area contributed by atoms with Gasteiger partial charge < -0.3 is 15.1 Å². The van der Waals surface area contributed by atoms with E-state index in [1.165, 1.54) is 16.8 Å². The molecular weight excluding hydrogens is 508 g/mol. The molecule has 3 heterocycles. The molecule has 4 rings (SSSR count). The first-order valence-corrected chi connectivity index (χ1v) is 14.0. The van der Waals surface area contributed by atoms with Crippen molar-refractivity contribution in [3.8, 4) is 6.07 Å². The summed E-state index contributed by atoms with van der Waals surface area (Å²) >= 11 is 6.19. The lowest BCUT2D eigenvalue weighted by molar-refractivity contribution is 0.0943. The van der Waals surface area contributed by atoms with Crippen LogP contribution in [0.25, 0.3) is 0 Å². The summed E-state index contributed by atoms with van der Waals surface area (Å²) in [6.07, 6.45) is 6.81. The first-order chi connectivity index (χ1) is 18.8. The van der Waals surface area contributed by atoms with Gasteiger partial charge in [0.05, 0.1) is 11.3 Å². The number of amides is 1. The molecule has 1 unspecified atom stereocenters. The Morgan fingerprint density at radius 1 is 1.18 bits per heavy atom. The van der Waals surface area contributed by atoms with Gasteiger partial charge in [-0.3, -0.25) is 9.78 Å². The fraction of sp³-hybridized carbons (Fsp3) is 0.419. The molecule has 2 aromatic heterocycles. The summed E-state index contributed by atoms with van der Waals surface area (Å²) in [5.74, 6) is -0.128. The average molecular weight is 545 g/mol. The molecule has 3 aromatic rings. The second-order valence-corrected chi connectivity index (χ2v) is 10.9. The van der Waals surface area contributed by atoms with Gasteiger partial charge in [0, 0.05) is 61.4 Å². The highest BCUT2D eigenvalue weighted by Gasteiger charge is 2.27. The Bertz CT molecular complexity index is 1300. The van der Waals surface area contributed by atoms with Crippen LogP contribution in [0.5, 0.6) is 0 Å². The Morgan fingerprint density at radius 3 is 2.54 bits per heavy atom. The second kappa shape index (κ2) is 13.1. The molecule has 0 saturated carbocycles. The molecule has 7 nitrogen and oxygen atoms in total. The van der Waals surface area contributed by atoms with Crippen molar-refractivity contribution >= 4 is 23.2 Å². The minimum absolute atomic E-state index is 0.128. The normalized spacial score (nSPS) is 15.0. The number of anilines is 1. The highest BCUT2D eigenvalue weighted by atomic mass is 35.5. The zero-order valence-corrected chi connectivity index (χ0v) is 24.0. The van der Waals surface area contributed by atoms with E-state index in [2.05, 4.69) is 57.1 Å². The maximum Gasteiger partial charge on any atom is 0.253 e. The van der Waals surface area contributed by atoms with E-state index in [-0.39, 0.29) is 5.91 Å².